The van der Waals surface area contributed by atoms with Crippen molar-refractivity contribution < 1.29 is 18.1 Å². The van der Waals surface area contributed by atoms with Gasteiger partial charge in [-0.3, -0.25) is 14.9 Å². The number of carbonyl (C=O) groups excluding carboxylic acids is 1. The first-order chi connectivity index (χ1) is 14.7. The van der Waals surface area contributed by atoms with E-state index in [2.05, 4.69) is 0 Å². The SMILES string of the molecule is N#Cc1ccc(CS(=O)(=O)CC(=O)N2CCN(c3ccc(Cl)cc3[N+](=O)[O-])CC2)cc1. The highest BCUT2D eigenvalue weighted by Crippen LogP contribution is 2.31. The number of nitriles is 1. The molecule has 0 spiro atoms. The maximum absolute atomic E-state index is 12.5. The third-order valence-electron chi connectivity index (χ3n) is 4.92. The zero-order chi connectivity index (χ0) is 22.6. The molecular formula is C20H19ClN4O5S. The van der Waals surface area contributed by atoms with Crippen molar-refractivity contribution in [2.75, 3.05) is 36.8 Å². The first-order valence-corrected chi connectivity index (χ1v) is 11.5. The Bertz CT molecular complexity index is 1140. The number of rotatable bonds is 6. The normalized spacial score (nSPS) is 14.2. The number of benzene rings is 2. The van der Waals surface area contributed by atoms with Crippen LogP contribution in [-0.2, 0) is 20.4 Å². The van der Waals surface area contributed by atoms with Crippen LogP contribution in [0.15, 0.2) is 42.5 Å². The van der Waals surface area contributed by atoms with Crippen LogP contribution in [0.1, 0.15) is 11.1 Å². The summed E-state index contributed by atoms with van der Waals surface area (Å²) < 4.78 is 24.9. The monoisotopic (exact) mass is 462 g/mol. The van der Waals surface area contributed by atoms with Gasteiger partial charge in [0.15, 0.2) is 9.84 Å². The summed E-state index contributed by atoms with van der Waals surface area (Å²) in [6.07, 6.45) is 0. The minimum Gasteiger partial charge on any atom is -0.362 e. The van der Waals surface area contributed by atoms with Crippen LogP contribution >= 0.6 is 11.6 Å². The third-order valence-corrected chi connectivity index (χ3v) is 6.62. The van der Waals surface area contributed by atoms with E-state index in [9.17, 15) is 23.3 Å². The molecule has 1 fully saturated rings. The summed E-state index contributed by atoms with van der Waals surface area (Å²) in [7, 11) is -3.68. The lowest BCUT2D eigenvalue weighted by molar-refractivity contribution is -0.384. The van der Waals surface area contributed by atoms with Crippen molar-refractivity contribution in [2.24, 2.45) is 0 Å². The molecule has 162 valence electrons. The van der Waals surface area contributed by atoms with Crippen molar-refractivity contribution in [2.45, 2.75) is 5.75 Å². The lowest BCUT2D eigenvalue weighted by Crippen LogP contribution is -2.50. The van der Waals surface area contributed by atoms with Crippen LogP contribution in [0.25, 0.3) is 0 Å². The van der Waals surface area contributed by atoms with Crippen LogP contribution in [0.2, 0.25) is 5.02 Å². The highest BCUT2D eigenvalue weighted by molar-refractivity contribution is 7.91. The lowest BCUT2D eigenvalue weighted by atomic mass is 10.2. The number of hydrogen-bond acceptors (Lipinski definition) is 7. The predicted molar refractivity (Wildman–Crippen MR) is 116 cm³/mol. The molecule has 0 atom stereocenters. The molecule has 0 bridgehead atoms. The van der Waals surface area contributed by atoms with Gasteiger partial charge in [-0.2, -0.15) is 5.26 Å². The van der Waals surface area contributed by atoms with E-state index in [-0.39, 0.29) is 29.6 Å². The molecule has 1 aliphatic heterocycles. The maximum atomic E-state index is 12.5. The molecule has 1 saturated heterocycles. The molecule has 9 nitrogen and oxygen atoms in total. The number of piperazine rings is 1. The van der Waals surface area contributed by atoms with Crippen molar-refractivity contribution in [1.29, 1.82) is 5.26 Å². The van der Waals surface area contributed by atoms with E-state index >= 15 is 0 Å². The molecule has 0 saturated carbocycles. The first kappa shape index (κ1) is 22.5. The fourth-order valence-electron chi connectivity index (χ4n) is 3.37. The Morgan fingerprint density at radius 2 is 1.77 bits per heavy atom. The van der Waals surface area contributed by atoms with Crippen LogP contribution in [0, 0.1) is 21.4 Å². The van der Waals surface area contributed by atoms with Crippen molar-refractivity contribution >= 4 is 38.7 Å². The molecule has 0 radical (unpaired) electrons. The third kappa shape index (κ3) is 5.71. The summed E-state index contributed by atoms with van der Waals surface area (Å²) in [4.78, 5) is 26.6. The molecule has 31 heavy (non-hydrogen) atoms. The molecule has 2 aromatic rings. The van der Waals surface area contributed by atoms with E-state index in [1.54, 1.807) is 29.2 Å². The molecule has 1 amide bonds. The molecule has 0 aliphatic carbocycles. The standard InChI is InChI=1S/C20H19ClN4O5S/c21-17-5-6-18(19(11-17)25(27)28)23-7-9-24(10-8-23)20(26)14-31(29,30)13-16-3-1-15(12-22)2-4-16/h1-6,11H,7-10,13-14H2. The summed E-state index contributed by atoms with van der Waals surface area (Å²) in [6, 6.07) is 12.5. The van der Waals surface area contributed by atoms with Gasteiger partial charge in [-0.25, -0.2) is 8.42 Å². The fourth-order valence-corrected chi connectivity index (χ4v) is 4.89. The van der Waals surface area contributed by atoms with Gasteiger partial charge in [0.1, 0.15) is 11.4 Å². The van der Waals surface area contributed by atoms with Gasteiger partial charge < -0.3 is 9.80 Å². The highest BCUT2D eigenvalue weighted by atomic mass is 35.5. The summed E-state index contributed by atoms with van der Waals surface area (Å²) >= 11 is 5.85. The van der Waals surface area contributed by atoms with E-state index in [0.29, 0.717) is 29.9 Å². The number of nitrogens with zero attached hydrogens (tertiary/aromatic N) is 4. The number of carbonyl (C=O) groups is 1. The van der Waals surface area contributed by atoms with Crippen molar-refractivity contribution in [3.05, 3.63) is 68.7 Å². The van der Waals surface area contributed by atoms with Gasteiger partial charge >= 0.3 is 0 Å². The molecule has 11 heteroatoms. The second-order valence-electron chi connectivity index (χ2n) is 7.10. The zero-order valence-electron chi connectivity index (χ0n) is 16.4. The van der Waals surface area contributed by atoms with E-state index in [1.807, 2.05) is 6.07 Å². The molecule has 1 heterocycles. The molecule has 3 rings (SSSR count). The Morgan fingerprint density at radius 1 is 1.13 bits per heavy atom. The number of nitro groups is 1. The smallest absolute Gasteiger partial charge is 0.294 e. The highest BCUT2D eigenvalue weighted by Gasteiger charge is 2.28. The molecule has 2 aromatic carbocycles. The van der Waals surface area contributed by atoms with Crippen LogP contribution < -0.4 is 4.90 Å². The van der Waals surface area contributed by atoms with Gasteiger partial charge in [-0.05, 0) is 29.8 Å². The van der Waals surface area contributed by atoms with Crippen LogP contribution in [0.3, 0.4) is 0 Å². The number of sulfone groups is 1. The Labute approximate surface area is 184 Å². The Hall–Kier alpha value is -3.16. The summed E-state index contributed by atoms with van der Waals surface area (Å²) in [5.41, 5.74) is 1.23. The lowest BCUT2D eigenvalue weighted by Gasteiger charge is -2.35. The van der Waals surface area contributed by atoms with Gasteiger partial charge in [-0.15, -0.1) is 0 Å². The zero-order valence-corrected chi connectivity index (χ0v) is 18.0. The second-order valence-corrected chi connectivity index (χ2v) is 9.60. The average molecular weight is 463 g/mol. The van der Waals surface area contributed by atoms with E-state index in [1.165, 1.54) is 23.1 Å². The van der Waals surface area contributed by atoms with Gasteiger partial charge in [0, 0.05) is 37.3 Å². The molecular weight excluding hydrogens is 444 g/mol. The van der Waals surface area contributed by atoms with Gasteiger partial charge in [0.2, 0.25) is 5.91 Å². The first-order valence-electron chi connectivity index (χ1n) is 9.34. The predicted octanol–water partition coefficient (Wildman–Crippen LogP) is 2.38. The number of halogens is 1. The van der Waals surface area contributed by atoms with E-state index < -0.39 is 26.4 Å². The number of anilines is 1. The van der Waals surface area contributed by atoms with Crippen LogP contribution in [-0.4, -0.2) is 56.1 Å². The van der Waals surface area contributed by atoms with E-state index in [0.717, 1.165) is 0 Å². The maximum Gasteiger partial charge on any atom is 0.294 e. The van der Waals surface area contributed by atoms with Crippen molar-refractivity contribution in [3.63, 3.8) is 0 Å². The number of amides is 1. The average Bonchev–Trinajstić information content (AvgIpc) is 2.73. The summed E-state index contributed by atoms with van der Waals surface area (Å²) in [5, 5.41) is 20.4. The topological polar surface area (TPSA) is 125 Å². The summed E-state index contributed by atoms with van der Waals surface area (Å²) in [5.74, 6) is -1.41. The minimum absolute atomic E-state index is 0.114. The van der Waals surface area contributed by atoms with Gasteiger partial charge in [-0.1, -0.05) is 23.7 Å². The largest absolute Gasteiger partial charge is 0.362 e. The molecule has 1 aliphatic rings. The Kier molecular flexibility index (Phi) is 6.77. The van der Waals surface area contributed by atoms with E-state index in [4.69, 9.17) is 16.9 Å². The summed E-state index contributed by atoms with van der Waals surface area (Å²) in [6.45, 7) is 1.18. The van der Waals surface area contributed by atoms with Gasteiger partial charge in [0.05, 0.1) is 22.3 Å². The number of hydrogen-bond donors (Lipinski definition) is 0. The van der Waals surface area contributed by atoms with Crippen LogP contribution in [0.5, 0.6) is 0 Å². The molecule has 0 aromatic heterocycles. The Balaban J connectivity index is 1.60. The second kappa shape index (κ2) is 9.32. The molecule has 0 N–H and O–H groups in total. The van der Waals surface area contributed by atoms with Crippen molar-refractivity contribution in [1.82, 2.24) is 4.90 Å². The van der Waals surface area contributed by atoms with Gasteiger partial charge in [0.25, 0.3) is 5.69 Å². The van der Waals surface area contributed by atoms with Crippen LogP contribution in [0.4, 0.5) is 11.4 Å². The fraction of sp³-hybridized carbons (Fsp3) is 0.300. The minimum atomic E-state index is -3.68. The quantitative estimate of drug-likeness (QED) is 0.476. The van der Waals surface area contributed by atoms with Crippen molar-refractivity contribution in [3.8, 4) is 6.07 Å². The Morgan fingerprint density at radius 3 is 2.35 bits per heavy atom. The molecule has 0 unspecified atom stereocenters. The number of nitro benzene ring substituents is 1.